The van der Waals surface area contributed by atoms with E-state index < -0.39 is 7.82 Å². The predicted octanol–water partition coefficient (Wildman–Crippen LogP) is 3.34. The molecular formula is C11H25O4P. The quantitative estimate of drug-likeness (QED) is 0.650. The SMILES string of the molecule is CCC(CC)C(OP(=O)(O)O)C(CC)CC. The third-order valence-electron chi connectivity index (χ3n) is 3.29. The van der Waals surface area contributed by atoms with Gasteiger partial charge in [0.1, 0.15) is 0 Å². The van der Waals surface area contributed by atoms with Crippen molar-refractivity contribution >= 4 is 7.82 Å². The van der Waals surface area contributed by atoms with Crippen molar-refractivity contribution in [2.75, 3.05) is 0 Å². The maximum Gasteiger partial charge on any atom is 0.469 e. The van der Waals surface area contributed by atoms with E-state index in [1.807, 2.05) is 27.7 Å². The molecule has 0 aliphatic rings. The molecule has 0 fully saturated rings. The molecule has 5 heteroatoms. The van der Waals surface area contributed by atoms with Gasteiger partial charge >= 0.3 is 7.82 Å². The molecule has 0 spiro atoms. The van der Waals surface area contributed by atoms with E-state index in [9.17, 15) is 4.57 Å². The fraction of sp³-hybridized carbons (Fsp3) is 1.00. The summed E-state index contributed by atoms with van der Waals surface area (Å²) in [6.07, 6.45) is 3.22. The highest BCUT2D eigenvalue weighted by Gasteiger charge is 2.32. The lowest BCUT2D eigenvalue weighted by molar-refractivity contribution is 0.0363. The topological polar surface area (TPSA) is 66.8 Å². The lowest BCUT2D eigenvalue weighted by Gasteiger charge is -2.31. The molecule has 0 aromatic heterocycles. The van der Waals surface area contributed by atoms with Gasteiger partial charge in [-0.2, -0.15) is 0 Å². The van der Waals surface area contributed by atoms with Crippen molar-refractivity contribution in [1.29, 1.82) is 0 Å². The average molecular weight is 252 g/mol. The van der Waals surface area contributed by atoms with E-state index in [-0.39, 0.29) is 17.9 Å². The summed E-state index contributed by atoms with van der Waals surface area (Å²) in [6.45, 7) is 8.14. The summed E-state index contributed by atoms with van der Waals surface area (Å²) in [5.41, 5.74) is 0. The van der Waals surface area contributed by atoms with E-state index in [0.29, 0.717) is 0 Å². The number of hydrogen-bond donors (Lipinski definition) is 2. The third-order valence-corrected chi connectivity index (χ3v) is 3.80. The average Bonchev–Trinajstić information content (AvgIpc) is 2.19. The van der Waals surface area contributed by atoms with Gasteiger partial charge in [0.2, 0.25) is 0 Å². The first-order valence-corrected chi connectivity index (χ1v) is 7.66. The van der Waals surface area contributed by atoms with Gasteiger partial charge in [0.05, 0.1) is 6.10 Å². The number of phosphoric ester groups is 1. The van der Waals surface area contributed by atoms with Crippen LogP contribution in [-0.4, -0.2) is 15.9 Å². The van der Waals surface area contributed by atoms with E-state index in [1.54, 1.807) is 0 Å². The highest BCUT2D eigenvalue weighted by atomic mass is 31.2. The zero-order valence-corrected chi connectivity index (χ0v) is 11.6. The molecule has 0 aromatic carbocycles. The van der Waals surface area contributed by atoms with Gasteiger partial charge < -0.3 is 9.79 Å². The Morgan fingerprint density at radius 2 is 1.25 bits per heavy atom. The van der Waals surface area contributed by atoms with Gasteiger partial charge in [-0.1, -0.05) is 53.4 Å². The van der Waals surface area contributed by atoms with E-state index >= 15 is 0 Å². The van der Waals surface area contributed by atoms with Gasteiger partial charge in [-0.3, -0.25) is 4.52 Å². The van der Waals surface area contributed by atoms with Crippen LogP contribution in [0.2, 0.25) is 0 Å². The fourth-order valence-corrected chi connectivity index (χ4v) is 2.88. The lowest BCUT2D eigenvalue weighted by atomic mass is 9.84. The maximum atomic E-state index is 11.0. The summed E-state index contributed by atoms with van der Waals surface area (Å²) in [7, 11) is -4.38. The molecule has 2 N–H and O–H groups in total. The van der Waals surface area contributed by atoms with Crippen LogP contribution in [-0.2, 0) is 9.09 Å². The lowest BCUT2D eigenvalue weighted by Crippen LogP contribution is -2.30. The van der Waals surface area contributed by atoms with Crippen LogP contribution in [0.3, 0.4) is 0 Å². The number of hydrogen-bond acceptors (Lipinski definition) is 2. The van der Waals surface area contributed by atoms with Gasteiger partial charge in [-0.05, 0) is 11.8 Å². The second kappa shape index (κ2) is 7.44. The molecule has 0 aliphatic heterocycles. The Morgan fingerprint density at radius 1 is 0.938 bits per heavy atom. The van der Waals surface area contributed by atoms with Crippen molar-refractivity contribution in [1.82, 2.24) is 0 Å². The van der Waals surface area contributed by atoms with E-state index in [2.05, 4.69) is 0 Å². The van der Waals surface area contributed by atoms with Crippen LogP contribution in [0.1, 0.15) is 53.4 Å². The smallest absolute Gasteiger partial charge is 0.303 e. The Balaban J connectivity index is 4.80. The van der Waals surface area contributed by atoms with Crippen molar-refractivity contribution in [3.05, 3.63) is 0 Å². The molecule has 0 radical (unpaired) electrons. The summed E-state index contributed by atoms with van der Waals surface area (Å²) in [4.78, 5) is 17.9. The van der Waals surface area contributed by atoms with E-state index in [0.717, 1.165) is 25.7 Å². The molecule has 0 saturated carbocycles. The zero-order chi connectivity index (χ0) is 12.8. The van der Waals surface area contributed by atoms with Crippen molar-refractivity contribution < 1.29 is 18.9 Å². The van der Waals surface area contributed by atoms with E-state index in [1.165, 1.54) is 0 Å². The van der Waals surface area contributed by atoms with Gasteiger partial charge in [-0.25, -0.2) is 4.57 Å². The van der Waals surface area contributed by atoms with Gasteiger partial charge in [-0.15, -0.1) is 0 Å². The normalized spacial score (nSPS) is 13.1. The van der Waals surface area contributed by atoms with Crippen molar-refractivity contribution in [2.45, 2.75) is 59.5 Å². The van der Waals surface area contributed by atoms with Crippen LogP contribution in [0, 0.1) is 11.8 Å². The summed E-state index contributed by atoms with van der Waals surface area (Å²) in [5, 5.41) is 0. The van der Waals surface area contributed by atoms with Gasteiger partial charge in [0, 0.05) is 0 Å². The van der Waals surface area contributed by atoms with Crippen molar-refractivity contribution in [3.8, 4) is 0 Å². The van der Waals surface area contributed by atoms with Crippen LogP contribution in [0.25, 0.3) is 0 Å². The minimum Gasteiger partial charge on any atom is -0.303 e. The largest absolute Gasteiger partial charge is 0.469 e. The second-order valence-corrected chi connectivity index (χ2v) is 5.41. The summed E-state index contributed by atoms with van der Waals surface area (Å²) in [5.74, 6) is 0.440. The zero-order valence-electron chi connectivity index (χ0n) is 10.7. The highest BCUT2D eigenvalue weighted by Crippen LogP contribution is 2.43. The molecule has 0 rings (SSSR count). The standard InChI is InChI=1S/C11H25O4P/c1-5-9(6-2)11(10(7-3)8-4)15-16(12,13)14/h9-11H,5-8H2,1-4H3,(H2,12,13,14). The van der Waals surface area contributed by atoms with Crippen molar-refractivity contribution in [2.24, 2.45) is 11.8 Å². The second-order valence-electron chi connectivity index (χ2n) is 4.21. The molecule has 0 bridgehead atoms. The molecule has 16 heavy (non-hydrogen) atoms. The van der Waals surface area contributed by atoms with Crippen LogP contribution in [0.5, 0.6) is 0 Å². The first kappa shape index (κ1) is 16.1. The summed E-state index contributed by atoms with van der Waals surface area (Å²) in [6, 6.07) is 0. The minimum absolute atomic E-state index is 0.220. The molecule has 0 saturated heterocycles. The van der Waals surface area contributed by atoms with E-state index in [4.69, 9.17) is 14.3 Å². The Labute approximate surface area is 98.6 Å². The molecule has 0 unspecified atom stereocenters. The monoisotopic (exact) mass is 252 g/mol. The molecule has 4 nitrogen and oxygen atoms in total. The predicted molar refractivity (Wildman–Crippen MR) is 65.1 cm³/mol. The van der Waals surface area contributed by atoms with Gasteiger partial charge in [0.25, 0.3) is 0 Å². The van der Waals surface area contributed by atoms with Crippen LogP contribution < -0.4 is 0 Å². The molecule has 98 valence electrons. The van der Waals surface area contributed by atoms with Crippen LogP contribution in [0.4, 0.5) is 0 Å². The molecular weight excluding hydrogens is 227 g/mol. The number of phosphoric acid groups is 1. The molecule has 0 aliphatic carbocycles. The number of rotatable bonds is 8. The third kappa shape index (κ3) is 5.44. The first-order chi connectivity index (χ1) is 7.39. The summed E-state index contributed by atoms with van der Waals surface area (Å²) >= 11 is 0. The summed E-state index contributed by atoms with van der Waals surface area (Å²) < 4.78 is 16.0. The minimum atomic E-state index is -4.38. The molecule has 0 heterocycles. The van der Waals surface area contributed by atoms with Crippen LogP contribution in [0.15, 0.2) is 0 Å². The Morgan fingerprint density at radius 3 is 1.44 bits per heavy atom. The molecule has 0 aromatic rings. The Kier molecular flexibility index (Phi) is 7.49. The first-order valence-electron chi connectivity index (χ1n) is 6.13. The maximum absolute atomic E-state index is 11.0. The highest BCUT2D eigenvalue weighted by molar-refractivity contribution is 7.46. The molecule has 0 amide bonds. The Bertz CT molecular complexity index is 206. The molecule has 0 atom stereocenters. The van der Waals surface area contributed by atoms with Crippen LogP contribution >= 0.6 is 7.82 Å². The fourth-order valence-electron chi connectivity index (χ4n) is 2.22. The van der Waals surface area contributed by atoms with Crippen molar-refractivity contribution in [3.63, 3.8) is 0 Å². The Hall–Kier alpha value is 0.110. The van der Waals surface area contributed by atoms with Gasteiger partial charge in [0.15, 0.2) is 0 Å².